The van der Waals surface area contributed by atoms with E-state index in [0.29, 0.717) is 0 Å². The van der Waals surface area contributed by atoms with E-state index in [9.17, 15) is 0 Å². The molecule has 0 amide bonds. The van der Waals surface area contributed by atoms with Crippen molar-refractivity contribution in [1.82, 2.24) is 0 Å². The Labute approximate surface area is 74.7 Å². The van der Waals surface area contributed by atoms with Crippen LogP contribution in [-0.2, 0) is 51.9 Å². The van der Waals surface area contributed by atoms with Gasteiger partial charge in [-0.3, -0.25) is 0 Å². The second kappa shape index (κ2) is 16.7. The molecule has 0 saturated carbocycles. The van der Waals surface area contributed by atoms with Crippen molar-refractivity contribution in [3.05, 3.63) is 0 Å². The van der Waals surface area contributed by atoms with Crippen molar-refractivity contribution >= 4 is 23.9 Å². The molecule has 0 aromatic rings. The molecule has 0 bridgehead atoms. The summed E-state index contributed by atoms with van der Waals surface area (Å²) >= 11 is -2.00. The van der Waals surface area contributed by atoms with Crippen LogP contribution in [0.3, 0.4) is 0 Å². The Morgan fingerprint density at radius 2 is 1.20 bits per heavy atom. The third-order valence-electron chi connectivity index (χ3n) is 0. The van der Waals surface area contributed by atoms with Crippen molar-refractivity contribution in [3.8, 4) is 0 Å². The summed E-state index contributed by atoms with van der Waals surface area (Å²) in [6.07, 6.45) is 0. The zero-order valence-electron chi connectivity index (χ0n) is 2.39. The van der Waals surface area contributed by atoms with Crippen LogP contribution in [-0.4, -0.2) is 23.9 Å². The Bertz CT molecular complexity index is 30.6. The SMILES string of the molecule is [O]=[Ti]=[O].[SnH].[Zr]. The van der Waals surface area contributed by atoms with Crippen LogP contribution in [0.5, 0.6) is 0 Å². The van der Waals surface area contributed by atoms with Gasteiger partial charge in [-0.25, -0.2) is 0 Å². The van der Waals surface area contributed by atoms with Crippen LogP contribution < -0.4 is 0 Å². The van der Waals surface area contributed by atoms with E-state index >= 15 is 0 Å². The van der Waals surface area contributed by atoms with E-state index in [1.807, 2.05) is 0 Å². The fourth-order valence-corrected chi connectivity index (χ4v) is 0. The maximum Gasteiger partial charge on any atom is 0 e. The van der Waals surface area contributed by atoms with Gasteiger partial charge in [0.05, 0.1) is 0 Å². The Morgan fingerprint density at radius 1 is 1.20 bits per heavy atom. The summed E-state index contributed by atoms with van der Waals surface area (Å²) < 4.78 is 17.0. The van der Waals surface area contributed by atoms with Crippen LogP contribution in [0.15, 0.2) is 0 Å². The molecule has 0 unspecified atom stereocenters. The third kappa shape index (κ3) is 24.0. The summed E-state index contributed by atoms with van der Waals surface area (Å²) in [7, 11) is 0. The van der Waals surface area contributed by atoms with Gasteiger partial charge >= 0.3 is 49.6 Å². The Kier molecular flexibility index (Phi) is 52.5. The topological polar surface area (TPSA) is 34.1 Å². The number of hydrogen-bond acceptors (Lipinski definition) is 2. The van der Waals surface area contributed by atoms with E-state index in [-0.39, 0.29) is 50.1 Å². The quantitative estimate of drug-likeness (QED) is 0.543. The van der Waals surface area contributed by atoms with Crippen molar-refractivity contribution in [2.45, 2.75) is 0 Å². The van der Waals surface area contributed by atoms with E-state index in [1.54, 1.807) is 0 Å². The molecule has 2 nitrogen and oxygen atoms in total. The second-order valence-electron chi connectivity index (χ2n) is 0.0833. The molecule has 5 heavy (non-hydrogen) atoms. The molecule has 0 aliphatic carbocycles. The standard InChI is InChI=1S/2O.Sn.Ti.Zr.H. The predicted molar refractivity (Wildman–Crippen MR) is 8.52 cm³/mol. The average molecular weight is 291 g/mol. The zero-order valence-corrected chi connectivity index (χ0v) is 9.71. The predicted octanol–water partition coefficient (Wildman–Crippen LogP) is -0.891. The van der Waals surface area contributed by atoms with Gasteiger partial charge in [-0.1, -0.05) is 0 Å². The van der Waals surface area contributed by atoms with Gasteiger partial charge < -0.3 is 0 Å². The van der Waals surface area contributed by atoms with Gasteiger partial charge in [0.2, 0.25) is 0 Å². The van der Waals surface area contributed by atoms with Crippen LogP contribution in [0, 0.1) is 0 Å². The van der Waals surface area contributed by atoms with Crippen LogP contribution in [0.2, 0.25) is 0 Å². The molecule has 5 heteroatoms. The first kappa shape index (κ1) is 15.8. The van der Waals surface area contributed by atoms with E-state index < -0.39 is 19.1 Å². The van der Waals surface area contributed by atoms with Crippen molar-refractivity contribution in [1.29, 1.82) is 0 Å². The molecule has 0 N–H and O–H groups in total. The molecule has 0 aromatic carbocycles. The summed E-state index contributed by atoms with van der Waals surface area (Å²) in [6.45, 7) is 0. The van der Waals surface area contributed by atoms with Crippen LogP contribution in [0.1, 0.15) is 0 Å². The number of hydrogen-bond donors (Lipinski definition) is 0. The van der Waals surface area contributed by atoms with Crippen molar-refractivity contribution in [3.63, 3.8) is 0 Å². The summed E-state index contributed by atoms with van der Waals surface area (Å²) in [5.41, 5.74) is 0. The minimum absolute atomic E-state index is 0. The van der Waals surface area contributed by atoms with Gasteiger partial charge in [0.25, 0.3) is 0 Å². The molecule has 0 aromatic heterocycles. The normalized spacial score (nSPS) is 1.60. The van der Waals surface area contributed by atoms with Gasteiger partial charge in [0.1, 0.15) is 0 Å². The van der Waals surface area contributed by atoms with Crippen LogP contribution in [0.25, 0.3) is 0 Å². The maximum absolute atomic E-state index is 8.50. The van der Waals surface area contributed by atoms with E-state index in [1.165, 1.54) is 0 Å². The summed E-state index contributed by atoms with van der Waals surface area (Å²) in [5, 5.41) is 0. The van der Waals surface area contributed by atoms with Crippen molar-refractivity contribution < 1.29 is 51.9 Å². The maximum atomic E-state index is 8.50. The Balaban J connectivity index is -0.0000000200. The third-order valence-corrected chi connectivity index (χ3v) is 0. The number of rotatable bonds is 0. The molecule has 0 atom stereocenters. The fraction of sp³-hybridized carbons (Fsp3) is 0. The molecular formula is HO2SnTiZr. The molecule has 0 rings (SSSR count). The van der Waals surface area contributed by atoms with Crippen molar-refractivity contribution in [2.24, 2.45) is 0 Å². The summed E-state index contributed by atoms with van der Waals surface area (Å²) in [4.78, 5) is 0. The van der Waals surface area contributed by atoms with Gasteiger partial charge in [-0.15, -0.1) is 0 Å². The van der Waals surface area contributed by atoms with Gasteiger partial charge in [0, 0.05) is 26.2 Å². The van der Waals surface area contributed by atoms with Crippen molar-refractivity contribution in [2.75, 3.05) is 0 Å². The first-order valence-corrected chi connectivity index (χ1v) is 1.68. The van der Waals surface area contributed by atoms with E-state index in [4.69, 9.17) is 6.65 Å². The molecule has 0 saturated heterocycles. The molecule has 0 heterocycles. The smallest absolute Gasteiger partial charge is 0 e. The first-order valence-electron chi connectivity index (χ1n) is 0.408. The Morgan fingerprint density at radius 3 is 1.20 bits per heavy atom. The van der Waals surface area contributed by atoms with Crippen LogP contribution >= 0.6 is 0 Å². The minimum Gasteiger partial charge on any atom is 0 e. The van der Waals surface area contributed by atoms with E-state index in [0.717, 1.165) is 0 Å². The molecule has 0 aliphatic heterocycles. The molecule has 0 fully saturated rings. The second-order valence-corrected chi connectivity index (χ2v) is 0.344. The first-order chi connectivity index (χ1) is 1.41. The fourth-order valence-electron chi connectivity index (χ4n) is 0. The molecule has 3 radical (unpaired) electrons. The van der Waals surface area contributed by atoms with Gasteiger partial charge in [0.15, 0.2) is 0 Å². The largest absolute Gasteiger partial charge is 0 e. The molecule has 0 spiro atoms. The monoisotopic (exact) mass is 291 g/mol. The van der Waals surface area contributed by atoms with Gasteiger partial charge in [-0.05, 0) is 0 Å². The molecule has 25 valence electrons. The van der Waals surface area contributed by atoms with Gasteiger partial charge in [-0.2, -0.15) is 0 Å². The zero-order chi connectivity index (χ0) is 2.71. The molecular weight excluding hydrogens is 290 g/mol. The van der Waals surface area contributed by atoms with E-state index in [2.05, 4.69) is 0 Å². The minimum atomic E-state index is -2.00. The average Bonchev–Trinajstić information content (AvgIpc) is 0.918. The summed E-state index contributed by atoms with van der Waals surface area (Å²) in [5.74, 6) is 0. The Hall–Kier alpha value is 2.00. The van der Waals surface area contributed by atoms with Crippen LogP contribution in [0.4, 0.5) is 0 Å². The summed E-state index contributed by atoms with van der Waals surface area (Å²) in [6, 6.07) is 0. The molecule has 0 aliphatic rings.